The van der Waals surface area contributed by atoms with Crippen LogP contribution in [0, 0.1) is 13.8 Å². The molecule has 0 fully saturated rings. The molecule has 2 aromatic rings. The zero-order valence-electron chi connectivity index (χ0n) is 10.0. The fourth-order valence-corrected chi connectivity index (χ4v) is 2.06. The Morgan fingerprint density at radius 1 is 1.35 bits per heavy atom. The Hall–Kier alpha value is -1.62. The molecule has 0 aromatic carbocycles. The van der Waals surface area contributed by atoms with Crippen molar-refractivity contribution in [3.8, 4) is 5.82 Å². The summed E-state index contributed by atoms with van der Waals surface area (Å²) in [6.45, 7) is 6.06. The topological polar surface area (TPSA) is 69.6 Å². The molecule has 0 spiro atoms. The molecule has 90 valence electrons. The van der Waals surface area contributed by atoms with Gasteiger partial charge in [-0.15, -0.1) is 0 Å². The van der Waals surface area contributed by atoms with Gasteiger partial charge < -0.3 is 5.73 Å². The van der Waals surface area contributed by atoms with Gasteiger partial charge in [0.2, 0.25) is 0 Å². The highest BCUT2D eigenvalue weighted by Crippen LogP contribution is 2.24. The molecule has 0 aliphatic heterocycles. The molecule has 0 saturated carbocycles. The van der Waals surface area contributed by atoms with E-state index < -0.39 is 0 Å². The summed E-state index contributed by atoms with van der Waals surface area (Å²) in [6, 6.07) is 0. The zero-order valence-corrected chi connectivity index (χ0v) is 10.8. The van der Waals surface area contributed by atoms with Gasteiger partial charge in [0.25, 0.3) is 0 Å². The van der Waals surface area contributed by atoms with Crippen LogP contribution in [0.1, 0.15) is 23.9 Å². The first kappa shape index (κ1) is 11.9. The van der Waals surface area contributed by atoms with E-state index >= 15 is 0 Å². The van der Waals surface area contributed by atoms with Crippen molar-refractivity contribution in [2.24, 2.45) is 0 Å². The maximum atomic E-state index is 5.88. The van der Waals surface area contributed by atoms with E-state index in [9.17, 15) is 0 Å². The van der Waals surface area contributed by atoms with Crippen LogP contribution in [0.5, 0.6) is 0 Å². The van der Waals surface area contributed by atoms with Gasteiger partial charge >= 0.3 is 0 Å². The van der Waals surface area contributed by atoms with Gasteiger partial charge in [0.15, 0.2) is 11.0 Å². The number of anilines is 1. The molecule has 0 amide bonds. The number of nitrogens with zero attached hydrogens (tertiary/aromatic N) is 4. The number of nitrogen functional groups attached to an aromatic ring is 1. The summed E-state index contributed by atoms with van der Waals surface area (Å²) in [5.41, 5.74) is 9.44. The lowest BCUT2D eigenvalue weighted by Crippen LogP contribution is -2.07. The average molecular weight is 252 g/mol. The SMILES string of the molecule is CCc1c(C)nn(-c2ncnc(Cl)c2N)c1C. The molecule has 2 heterocycles. The second-order valence-corrected chi connectivity index (χ2v) is 4.17. The quantitative estimate of drug-likeness (QED) is 0.830. The molecule has 5 nitrogen and oxygen atoms in total. The highest BCUT2D eigenvalue weighted by atomic mass is 35.5. The highest BCUT2D eigenvalue weighted by Gasteiger charge is 2.15. The van der Waals surface area contributed by atoms with Gasteiger partial charge in [0, 0.05) is 5.69 Å². The predicted molar refractivity (Wildman–Crippen MR) is 67.4 cm³/mol. The van der Waals surface area contributed by atoms with E-state index in [1.54, 1.807) is 4.68 Å². The molecule has 0 saturated heterocycles. The summed E-state index contributed by atoms with van der Waals surface area (Å²) in [4.78, 5) is 7.97. The Labute approximate surface area is 105 Å². The van der Waals surface area contributed by atoms with Crippen LogP contribution >= 0.6 is 11.6 Å². The molecule has 6 heteroatoms. The van der Waals surface area contributed by atoms with Crippen LogP contribution in [0.25, 0.3) is 5.82 Å². The molecule has 0 radical (unpaired) electrons. The molecule has 17 heavy (non-hydrogen) atoms. The minimum absolute atomic E-state index is 0.251. The van der Waals surface area contributed by atoms with Gasteiger partial charge in [-0.3, -0.25) is 0 Å². The maximum Gasteiger partial charge on any atom is 0.181 e. The number of halogens is 1. The Morgan fingerprint density at radius 2 is 2.06 bits per heavy atom. The van der Waals surface area contributed by atoms with E-state index in [1.165, 1.54) is 11.9 Å². The minimum Gasteiger partial charge on any atom is -0.393 e. The summed E-state index contributed by atoms with van der Waals surface area (Å²) in [6.07, 6.45) is 2.31. The van der Waals surface area contributed by atoms with Crippen LogP contribution in [-0.2, 0) is 6.42 Å². The van der Waals surface area contributed by atoms with Gasteiger partial charge in [-0.05, 0) is 25.8 Å². The fraction of sp³-hybridized carbons (Fsp3) is 0.364. The highest BCUT2D eigenvalue weighted by molar-refractivity contribution is 6.32. The first-order valence-electron chi connectivity index (χ1n) is 5.37. The van der Waals surface area contributed by atoms with Crippen molar-refractivity contribution in [1.82, 2.24) is 19.7 Å². The van der Waals surface area contributed by atoms with Crippen LogP contribution in [0.15, 0.2) is 6.33 Å². The van der Waals surface area contributed by atoms with Crippen molar-refractivity contribution in [2.75, 3.05) is 5.73 Å². The molecule has 0 aliphatic carbocycles. The summed E-state index contributed by atoms with van der Waals surface area (Å²) in [5.74, 6) is 0.533. The van der Waals surface area contributed by atoms with Crippen LogP contribution in [0.4, 0.5) is 5.69 Å². The third-order valence-electron chi connectivity index (χ3n) is 2.81. The van der Waals surface area contributed by atoms with E-state index in [2.05, 4.69) is 22.0 Å². The summed E-state index contributed by atoms with van der Waals surface area (Å²) in [5, 5.41) is 4.69. The summed E-state index contributed by atoms with van der Waals surface area (Å²) >= 11 is 5.88. The van der Waals surface area contributed by atoms with Crippen molar-refractivity contribution in [3.63, 3.8) is 0 Å². The number of nitrogens with two attached hydrogens (primary N) is 1. The molecule has 0 unspecified atom stereocenters. The Kier molecular flexibility index (Phi) is 3.02. The second kappa shape index (κ2) is 4.33. The maximum absolute atomic E-state index is 5.88. The Balaban J connectivity index is 2.65. The average Bonchev–Trinajstić information content (AvgIpc) is 2.58. The lowest BCUT2D eigenvalue weighted by atomic mass is 10.1. The van der Waals surface area contributed by atoms with Gasteiger partial charge in [0.05, 0.1) is 5.69 Å². The van der Waals surface area contributed by atoms with Crippen LogP contribution in [0.3, 0.4) is 0 Å². The molecule has 2 rings (SSSR count). The van der Waals surface area contributed by atoms with Crippen molar-refractivity contribution in [1.29, 1.82) is 0 Å². The predicted octanol–water partition coefficient (Wildman–Crippen LogP) is 2.08. The van der Waals surface area contributed by atoms with E-state index in [0.29, 0.717) is 11.5 Å². The van der Waals surface area contributed by atoms with Crippen LogP contribution < -0.4 is 5.73 Å². The monoisotopic (exact) mass is 251 g/mol. The standard InChI is InChI=1S/C11H14ClN5/c1-4-8-6(2)16-17(7(8)3)11-9(13)10(12)14-5-15-11/h5H,4,13H2,1-3H3. The van der Waals surface area contributed by atoms with Gasteiger partial charge in [-0.1, -0.05) is 18.5 Å². The van der Waals surface area contributed by atoms with Gasteiger partial charge in [0.1, 0.15) is 12.0 Å². The molecule has 2 N–H and O–H groups in total. The fourth-order valence-electron chi connectivity index (χ4n) is 1.93. The third-order valence-corrected chi connectivity index (χ3v) is 3.11. The summed E-state index contributed by atoms with van der Waals surface area (Å²) in [7, 11) is 0. The number of rotatable bonds is 2. The van der Waals surface area contributed by atoms with E-state index in [0.717, 1.165) is 17.8 Å². The molecule has 0 atom stereocenters. The minimum atomic E-state index is 0.251. The van der Waals surface area contributed by atoms with Crippen molar-refractivity contribution < 1.29 is 0 Å². The largest absolute Gasteiger partial charge is 0.393 e. The molecular weight excluding hydrogens is 238 g/mol. The summed E-state index contributed by atoms with van der Waals surface area (Å²) < 4.78 is 1.72. The van der Waals surface area contributed by atoms with Crippen molar-refractivity contribution >= 4 is 17.3 Å². The molecule has 0 bridgehead atoms. The smallest absolute Gasteiger partial charge is 0.181 e. The third kappa shape index (κ3) is 1.86. The van der Waals surface area contributed by atoms with Crippen molar-refractivity contribution in [3.05, 3.63) is 28.4 Å². The van der Waals surface area contributed by atoms with Crippen molar-refractivity contribution in [2.45, 2.75) is 27.2 Å². The first-order chi connectivity index (χ1) is 8.06. The lowest BCUT2D eigenvalue weighted by Gasteiger charge is -2.07. The number of aryl methyl sites for hydroxylation is 1. The lowest BCUT2D eigenvalue weighted by molar-refractivity contribution is 0.802. The van der Waals surface area contributed by atoms with Crippen LogP contribution in [0.2, 0.25) is 5.15 Å². The van der Waals surface area contributed by atoms with Gasteiger partial charge in [-0.2, -0.15) is 5.10 Å². The normalized spacial score (nSPS) is 10.8. The number of hydrogen-bond acceptors (Lipinski definition) is 4. The number of hydrogen-bond donors (Lipinski definition) is 1. The van der Waals surface area contributed by atoms with E-state index in [1.807, 2.05) is 13.8 Å². The molecule has 0 aliphatic rings. The second-order valence-electron chi connectivity index (χ2n) is 3.82. The van der Waals surface area contributed by atoms with Crippen LogP contribution in [-0.4, -0.2) is 19.7 Å². The number of aromatic nitrogens is 4. The van der Waals surface area contributed by atoms with E-state index in [4.69, 9.17) is 17.3 Å². The molecule has 2 aromatic heterocycles. The molecular formula is C11H14ClN5. The Morgan fingerprint density at radius 3 is 2.65 bits per heavy atom. The first-order valence-corrected chi connectivity index (χ1v) is 5.75. The van der Waals surface area contributed by atoms with E-state index in [-0.39, 0.29) is 5.15 Å². The zero-order chi connectivity index (χ0) is 12.6. The Bertz CT molecular complexity index is 561. The van der Waals surface area contributed by atoms with Gasteiger partial charge in [-0.25, -0.2) is 14.6 Å².